The third-order valence-corrected chi connectivity index (χ3v) is 6.20. The van der Waals surface area contributed by atoms with E-state index in [4.69, 9.17) is 8.83 Å². The Hall–Kier alpha value is -3.48. The third kappa shape index (κ3) is 4.22. The number of amides is 2. The van der Waals surface area contributed by atoms with Crippen molar-refractivity contribution in [3.05, 3.63) is 77.1 Å². The van der Waals surface area contributed by atoms with Crippen molar-refractivity contribution >= 4 is 11.8 Å². The van der Waals surface area contributed by atoms with Gasteiger partial charge in [0.1, 0.15) is 11.9 Å². The Morgan fingerprint density at radius 2 is 1.24 bits per heavy atom. The highest BCUT2D eigenvalue weighted by atomic mass is 16.3. The van der Waals surface area contributed by atoms with Crippen LogP contribution in [0.1, 0.15) is 85.5 Å². The number of aromatic hydroxyl groups is 1. The maximum absolute atomic E-state index is 13.4. The van der Waals surface area contributed by atoms with Gasteiger partial charge in [0.25, 0.3) is 11.8 Å². The molecule has 1 aliphatic heterocycles. The van der Waals surface area contributed by atoms with E-state index >= 15 is 0 Å². The highest BCUT2D eigenvalue weighted by Crippen LogP contribution is 2.43. The maximum Gasteiger partial charge on any atom is 0.291 e. The summed E-state index contributed by atoms with van der Waals surface area (Å²) in [6, 6.07) is 10.4. The molecule has 4 rings (SSSR count). The van der Waals surface area contributed by atoms with E-state index in [2.05, 4.69) is 0 Å². The number of carbonyl (C=O) groups excluding carboxylic acids is 2. The predicted octanol–water partition coefficient (Wildman–Crippen LogP) is 5.47. The largest absolute Gasteiger partial charge is 0.507 e. The monoisotopic (exact) mass is 464 g/mol. The number of hydrogen-bond acceptors (Lipinski definition) is 5. The van der Waals surface area contributed by atoms with E-state index in [0.29, 0.717) is 13.1 Å². The fourth-order valence-corrected chi connectivity index (χ4v) is 4.45. The average molecular weight is 465 g/mol. The second-order valence-corrected chi connectivity index (χ2v) is 10.8. The molecule has 3 heterocycles. The Morgan fingerprint density at radius 1 is 0.824 bits per heavy atom. The molecule has 180 valence electrons. The van der Waals surface area contributed by atoms with Crippen LogP contribution in [0.2, 0.25) is 0 Å². The summed E-state index contributed by atoms with van der Waals surface area (Å²) in [7, 11) is 0. The van der Waals surface area contributed by atoms with Crippen LogP contribution in [0.15, 0.2) is 57.8 Å². The van der Waals surface area contributed by atoms with E-state index in [-0.39, 0.29) is 39.9 Å². The minimum atomic E-state index is -0.682. The van der Waals surface area contributed by atoms with Crippen LogP contribution < -0.4 is 0 Å². The molecule has 1 aliphatic rings. The molecule has 1 aromatic carbocycles. The van der Waals surface area contributed by atoms with Crippen molar-refractivity contribution in [1.29, 1.82) is 0 Å². The highest BCUT2D eigenvalue weighted by Gasteiger charge is 2.42. The number of phenols is 1. The van der Waals surface area contributed by atoms with Gasteiger partial charge in [0.05, 0.1) is 12.5 Å². The van der Waals surface area contributed by atoms with E-state index in [1.165, 1.54) is 12.5 Å². The predicted molar refractivity (Wildman–Crippen MR) is 128 cm³/mol. The van der Waals surface area contributed by atoms with E-state index in [1.54, 1.807) is 34.1 Å². The number of phenolic OH excluding ortho intramolecular Hbond substituents is 1. The molecule has 0 atom stereocenters. The fourth-order valence-electron chi connectivity index (χ4n) is 4.45. The Bertz CT molecular complexity index is 1090. The van der Waals surface area contributed by atoms with Gasteiger partial charge in [-0.3, -0.25) is 9.59 Å². The van der Waals surface area contributed by atoms with E-state index in [1.807, 2.05) is 53.7 Å². The van der Waals surface area contributed by atoms with Gasteiger partial charge < -0.3 is 23.7 Å². The first-order valence-corrected chi connectivity index (χ1v) is 11.5. The molecule has 0 saturated carbocycles. The second kappa shape index (κ2) is 8.38. The number of hydrogen-bond donors (Lipinski definition) is 1. The number of furan rings is 2. The zero-order chi connectivity index (χ0) is 24.8. The summed E-state index contributed by atoms with van der Waals surface area (Å²) in [6.45, 7) is 12.9. The lowest BCUT2D eigenvalue weighted by molar-refractivity contribution is 0.0509. The smallest absolute Gasteiger partial charge is 0.291 e. The summed E-state index contributed by atoms with van der Waals surface area (Å²) in [5.74, 6) is 0.0702. The topological polar surface area (TPSA) is 87.1 Å². The lowest BCUT2D eigenvalue weighted by Crippen LogP contribution is -2.38. The van der Waals surface area contributed by atoms with Crippen molar-refractivity contribution in [2.75, 3.05) is 13.1 Å². The molecule has 1 saturated heterocycles. The summed E-state index contributed by atoms with van der Waals surface area (Å²) in [5.41, 5.74) is 1.56. The molecule has 0 radical (unpaired) electrons. The average Bonchev–Trinajstić information content (AvgIpc) is 3.53. The highest BCUT2D eigenvalue weighted by molar-refractivity contribution is 5.95. The molecular formula is C27H32N2O5. The van der Waals surface area contributed by atoms with Crippen LogP contribution in [-0.2, 0) is 10.8 Å². The quantitative estimate of drug-likeness (QED) is 0.555. The van der Waals surface area contributed by atoms with Crippen molar-refractivity contribution in [2.45, 2.75) is 58.5 Å². The van der Waals surface area contributed by atoms with Crippen molar-refractivity contribution in [2.24, 2.45) is 0 Å². The number of carbonyl (C=O) groups is 2. The number of rotatable bonds is 3. The lowest BCUT2D eigenvalue weighted by atomic mass is 9.78. The van der Waals surface area contributed by atoms with E-state index in [9.17, 15) is 14.7 Å². The molecule has 1 N–H and O–H groups in total. The first-order chi connectivity index (χ1) is 15.9. The van der Waals surface area contributed by atoms with E-state index < -0.39 is 6.17 Å². The summed E-state index contributed by atoms with van der Waals surface area (Å²) >= 11 is 0. The Kier molecular flexibility index (Phi) is 5.84. The van der Waals surface area contributed by atoms with Crippen LogP contribution in [0, 0.1) is 0 Å². The zero-order valence-electron chi connectivity index (χ0n) is 20.6. The van der Waals surface area contributed by atoms with Crippen molar-refractivity contribution in [3.8, 4) is 5.75 Å². The normalized spacial score (nSPS) is 15.2. The molecule has 7 heteroatoms. The fraction of sp³-hybridized carbons (Fsp3) is 0.407. The minimum Gasteiger partial charge on any atom is -0.507 e. The minimum absolute atomic E-state index is 0.211. The third-order valence-electron chi connectivity index (χ3n) is 6.20. The van der Waals surface area contributed by atoms with Gasteiger partial charge in [0, 0.05) is 13.1 Å². The Balaban J connectivity index is 1.90. The number of nitrogens with zero attached hydrogens (tertiary/aromatic N) is 2. The van der Waals surface area contributed by atoms with Gasteiger partial charge >= 0.3 is 0 Å². The van der Waals surface area contributed by atoms with Gasteiger partial charge in [0.2, 0.25) is 0 Å². The van der Waals surface area contributed by atoms with E-state index in [0.717, 1.165) is 16.7 Å². The second-order valence-electron chi connectivity index (χ2n) is 10.8. The van der Waals surface area contributed by atoms with Crippen LogP contribution in [0.5, 0.6) is 5.75 Å². The van der Waals surface area contributed by atoms with Crippen LogP contribution >= 0.6 is 0 Å². The molecule has 2 amide bonds. The summed E-state index contributed by atoms with van der Waals surface area (Å²) in [6.07, 6.45) is 2.23. The molecule has 0 aliphatic carbocycles. The van der Waals surface area contributed by atoms with Gasteiger partial charge in [-0.2, -0.15) is 0 Å². The van der Waals surface area contributed by atoms with Crippen LogP contribution in [0.4, 0.5) is 0 Å². The van der Waals surface area contributed by atoms with Crippen LogP contribution in [-0.4, -0.2) is 39.8 Å². The van der Waals surface area contributed by atoms with Crippen molar-refractivity contribution in [1.82, 2.24) is 9.80 Å². The molecule has 0 bridgehead atoms. The van der Waals surface area contributed by atoms with Gasteiger partial charge in [-0.05, 0) is 63.9 Å². The maximum atomic E-state index is 13.4. The molecule has 3 aromatic rings. The SMILES string of the molecule is CC(C)(C)c1cc(C2N(C(=O)c3ccco3)CCN2C(=O)c2ccco2)cc(C(C)(C)C)c1O. The molecule has 34 heavy (non-hydrogen) atoms. The van der Waals surface area contributed by atoms with Gasteiger partial charge in [-0.1, -0.05) is 41.5 Å². The summed E-state index contributed by atoms with van der Waals surface area (Å²) in [5, 5.41) is 11.2. The molecule has 0 spiro atoms. The molecular weight excluding hydrogens is 432 g/mol. The van der Waals surface area contributed by atoms with Gasteiger partial charge in [-0.25, -0.2) is 0 Å². The van der Waals surface area contributed by atoms with Crippen molar-refractivity contribution < 1.29 is 23.5 Å². The molecule has 1 fully saturated rings. The molecule has 7 nitrogen and oxygen atoms in total. The first-order valence-electron chi connectivity index (χ1n) is 11.5. The number of benzene rings is 1. The van der Waals surface area contributed by atoms with Crippen molar-refractivity contribution in [3.63, 3.8) is 0 Å². The molecule has 0 unspecified atom stereocenters. The summed E-state index contributed by atoms with van der Waals surface area (Å²) < 4.78 is 10.8. The molecule has 2 aromatic heterocycles. The van der Waals surface area contributed by atoms with Gasteiger partial charge in [-0.15, -0.1) is 0 Å². The zero-order valence-corrected chi connectivity index (χ0v) is 20.6. The first kappa shape index (κ1) is 23.7. The summed E-state index contributed by atoms with van der Waals surface area (Å²) in [4.78, 5) is 30.1. The Morgan fingerprint density at radius 3 is 1.56 bits per heavy atom. The van der Waals surface area contributed by atoms with Crippen LogP contribution in [0.3, 0.4) is 0 Å². The Labute approximate surface area is 200 Å². The van der Waals surface area contributed by atoms with Gasteiger partial charge in [0.15, 0.2) is 11.5 Å². The standard InChI is InChI=1S/C27H32N2O5/c1-26(2,3)18-15-17(16-19(22(18)30)27(4,5)6)23-28(24(31)20-9-7-13-33-20)11-12-29(23)25(32)21-10-8-14-34-21/h7-10,13-16,23,30H,11-12H2,1-6H3. The van der Waals surface area contributed by atoms with Crippen LogP contribution in [0.25, 0.3) is 0 Å². The lowest BCUT2D eigenvalue weighted by Gasteiger charge is -2.33.